The van der Waals surface area contributed by atoms with E-state index >= 15 is 0 Å². The molecule has 0 spiro atoms. The van der Waals surface area contributed by atoms with Gasteiger partial charge >= 0.3 is 6.09 Å². The molecule has 0 aromatic heterocycles. The van der Waals surface area contributed by atoms with Crippen LogP contribution in [0.2, 0.25) is 0 Å². The summed E-state index contributed by atoms with van der Waals surface area (Å²) in [7, 11) is 0. The fourth-order valence-electron chi connectivity index (χ4n) is 4.16. The molecule has 1 amide bonds. The number of fused-ring (bicyclic) bond motifs is 1. The predicted octanol–water partition coefficient (Wildman–Crippen LogP) is 5.60. The Balaban J connectivity index is 1.49. The van der Waals surface area contributed by atoms with Crippen LogP contribution in [0.15, 0.2) is 73.3 Å². The summed E-state index contributed by atoms with van der Waals surface area (Å²) >= 11 is 0. The van der Waals surface area contributed by atoms with E-state index in [2.05, 4.69) is 12.6 Å². The first-order chi connectivity index (χ1) is 15.5. The molecule has 1 saturated heterocycles. The molecule has 5 nitrogen and oxygen atoms in total. The lowest BCUT2D eigenvalue weighted by atomic mass is 9.87. The predicted molar refractivity (Wildman–Crippen MR) is 122 cm³/mol. The summed E-state index contributed by atoms with van der Waals surface area (Å²) in [5.74, 6) is 0.513. The lowest BCUT2D eigenvalue weighted by molar-refractivity contribution is -0.0199. The fourth-order valence-corrected chi connectivity index (χ4v) is 4.16. The van der Waals surface area contributed by atoms with E-state index in [1.54, 1.807) is 18.2 Å². The molecule has 32 heavy (non-hydrogen) atoms. The van der Waals surface area contributed by atoms with Crippen LogP contribution < -0.4 is 4.74 Å². The van der Waals surface area contributed by atoms with Gasteiger partial charge in [0.15, 0.2) is 0 Å². The van der Waals surface area contributed by atoms with Crippen molar-refractivity contribution in [3.63, 3.8) is 0 Å². The summed E-state index contributed by atoms with van der Waals surface area (Å²) in [4.78, 5) is 12.9. The van der Waals surface area contributed by atoms with Gasteiger partial charge in [-0.3, -0.25) is 0 Å². The van der Waals surface area contributed by atoms with Gasteiger partial charge in [0, 0.05) is 12.5 Å². The quantitative estimate of drug-likeness (QED) is 0.491. The first-order valence-corrected chi connectivity index (χ1v) is 10.6. The molecule has 2 atom stereocenters. The molecular weight excluding hydrogens is 409 g/mol. The van der Waals surface area contributed by atoms with E-state index in [1.165, 1.54) is 17.0 Å². The van der Waals surface area contributed by atoms with Crippen LogP contribution in [0.5, 0.6) is 5.75 Å². The normalized spacial score (nSPS) is 18.5. The highest BCUT2D eigenvalue weighted by atomic mass is 19.1. The van der Waals surface area contributed by atoms with Crippen LogP contribution in [0.4, 0.5) is 9.18 Å². The van der Waals surface area contributed by atoms with Crippen molar-refractivity contribution in [2.24, 2.45) is 0 Å². The number of carboxylic acid groups (broad SMARTS) is 1. The number of piperidine rings is 1. The molecule has 1 N–H and O–H groups in total. The second kappa shape index (κ2) is 9.83. The lowest BCUT2D eigenvalue weighted by Gasteiger charge is -2.37. The van der Waals surface area contributed by atoms with Crippen molar-refractivity contribution in [1.82, 2.24) is 4.90 Å². The highest BCUT2D eigenvalue weighted by Gasteiger charge is 2.33. The third-order valence-corrected chi connectivity index (χ3v) is 5.84. The summed E-state index contributed by atoms with van der Waals surface area (Å²) in [6, 6.07) is 18.4. The minimum absolute atomic E-state index is 0.0104. The molecule has 0 radical (unpaired) electrons. The Morgan fingerprint density at radius 3 is 2.62 bits per heavy atom. The molecule has 6 heteroatoms. The van der Waals surface area contributed by atoms with Gasteiger partial charge in [-0.05, 0) is 58.7 Å². The molecule has 0 aliphatic carbocycles. The average molecular weight is 435 g/mol. The molecule has 1 aliphatic heterocycles. The van der Waals surface area contributed by atoms with Crippen LogP contribution in [-0.2, 0) is 11.3 Å². The Bertz CT molecular complexity index is 1100. The van der Waals surface area contributed by atoms with Crippen molar-refractivity contribution in [2.45, 2.75) is 25.0 Å². The van der Waals surface area contributed by atoms with Crippen LogP contribution in [0, 0.1) is 5.82 Å². The van der Waals surface area contributed by atoms with E-state index in [1.807, 2.05) is 30.3 Å². The van der Waals surface area contributed by atoms with E-state index in [9.17, 15) is 14.3 Å². The van der Waals surface area contributed by atoms with Crippen LogP contribution >= 0.6 is 0 Å². The minimum atomic E-state index is -0.948. The topological polar surface area (TPSA) is 59.0 Å². The zero-order chi connectivity index (χ0) is 22.5. The summed E-state index contributed by atoms with van der Waals surface area (Å²) < 4.78 is 25.2. The maximum Gasteiger partial charge on any atom is 0.407 e. The number of likely N-dealkylation sites (tertiary alicyclic amines) is 1. The minimum Gasteiger partial charge on any atom is -0.490 e. The molecule has 4 rings (SSSR count). The molecular formula is C26H26FNO4. The van der Waals surface area contributed by atoms with Gasteiger partial charge in [-0.1, -0.05) is 43.0 Å². The number of hydrogen-bond donors (Lipinski definition) is 1. The van der Waals surface area contributed by atoms with Crippen LogP contribution in [-0.4, -0.2) is 41.9 Å². The molecule has 3 aromatic rings. The van der Waals surface area contributed by atoms with Crippen LogP contribution in [0.3, 0.4) is 0 Å². The largest absolute Gasteiger partial charge is 0.490 e. The van der Waals surface area contributed by atoms with Crippen LogP contribution in [0.1, 0.15) is 23.5 Å². The number of rotatable bonds is 7. The van der Waals surface area contributed by atoms with E-state index in [-0.39, 0.29) is 24.4 Å². The lowest BCUT2D eigenvalue weighted by Crippen LogP contribution is -2.46. The molecule has 166 valence electrons. The Morgan fingerprint density at radius 1 is 1.12 bits per heavy atom. The Kier molecular flexibility index (Phi) is 6.71. The third kappa shape index (κ3) is 5.08. The number of halogens is 1. The Morgan fingerprint density at radius 2 is 1.88 bits per heavy atom. The molecule has 1 aliphatic rings. The Labute approximate surface area is 186 Å². The smallest absolute Gasteiger partial charge is 0.407 e. The van der Waals surface area contributed by atoms with Gasteiger partial charge in [0.05, 0.1) is 19.3 Å². The molecule has 3 aromatic carbocycles. The van der Waals surface area contributed by atoms with E-state index in [0.717, 1.165) is 27.6 Å². The summed E-state index contributed by atoms with van der Waals surface area (Å²) in [5, 5.41) is 11.6. The highest BCUT2D eigenvalue weighted by Crippen LogP contribution is 2.32. The zero-order valence-electron chi connectivity index (χ0n) is 17.7. The van der Waals surface area contributed by atoms with Gasteiger partial charge in [-0.2, -0.15) is 0 Å². The summed E-state index contributed by atoms with van der Waals surface area (Å²) in [6.07, 6.45) is 1.08. The number of amides is 1. The maximum atomic E-state index is 13.4. The van der Waals surface area contributed by atoms with Crippen molar-refractivity contribution in [3.05, 3.63) is 90.3 Å². The second-order valence-electron chi connectivity index (χ2n) is 7.97. The van der Waals surface area contributed by atoms with Gasteiger partial charge < -0.3 is 19.5 Å². The summed E-state index contributed by atoms with van der Waals surface area (Å²) in [6.45, 7) is 5.20. The van der Waals surface area contributed by atoms with Gasteiger partial charge in [0.2, 0.25) is 0 Å². The number of hydrogen-bond acceptors (Lipinski definition) is 3. The summed E-state index contributed by atoms with van der Waals surface area (Å²) in [5.41, 5.74) is 1.97. The number of nitrogens with zero attached hydrogens (tertiary/aromatic N) is 1. The van der Waals surface area contributed by atoms with E-state index in [4.69, 9.17) is 9.47 Å². The second-order valence-corrected chi connectivity index (χ2v) is 7.97. The molecule has 1 fully saturated rings. The average Bonchev–Trinajstić information content (AvgIpc) is 2.81. The van der Waals surface area contributed by atoms with Crippen molar-refractivity contribution in [2.75, 3.05) is 19.7 Å². The molecule has 0 saturated carbocycles. The third-order valence-electron chi connectivity index (χ3n) is 5.84. The highest BCUT2D eigenvalue weighted by molar-refractivity contribution is 5.84. The van der Waals surface area contributed by atoms with Gasteiger partial charge in [-0.15, -0.1) is 0 Å². The van der Waals surface area contributed by atoms with Gasteiger partial charge in [-0.25, -0.2) is 9.18 Å². The van der Waals surface area contributed by atoms with Crippen molar-refractivity contribution < 1.29 is 23.8 Å². The molecule has 0 bridgehead atoms. The SMILES string of the molecule is C=CCOc1ccc2cc(COC3CN(C(=O)O)CCC3c3ccc(F)cc3)ccc2c1. The number of carbonyl (C=O) groups is 1. The standard InChI is InChI=1S/C26H26FNO4/c1-2-13-31-23-10-7-20-14-18(3-4-21(20)15-23)17-32-25-16-28(26(29)30)12-11-24(25)19-5-8-22(27)9-6-19/h2-10,14-15,24-25H,1,11-13,16-17H2,(H,29,30). The maximum absolute atomic E-state index is 13.4. The first-order valence-electron chi connectivity index (χ1n) is 10.6. The van der Waals surface area contributed by atoms with E-state index < -0.39 is 6.09 Å². The number of benzene rings is 3. The van der Waals surface area contributed by atoms with Crippen LogP contribution in [0.25, 0.3) is 10.8 Å². The zero-order valence-corrected chi connectivity index (χ0v) is 17.7. The Hall–Kier alpha value is -3.38. The van der Waals surface area contributed by atoms with Gasteiger partial charge in [0.1, 0.15) is 18.2 Å². The monoisotopic (exact) mass is 435 g/mol. The molecule has 1 heterocycles. The fraction of sp³-hybridized carbons (Fsp3) is 0.269. The molecule has 2 unspecified atom stereocenters. The van der Waals surface area contributed by atoms with E-state index in [0.29, 0.717) is 26.2 Å². The van der Waals surface area contributed by atoms with Crippen molar-refractivity contribution in [1.29, 1.82) is 0 Å². The van der Waals surface area contributed by atoms with Crippen molar-refractivity contribution >= 4 is 16.9 Å². The number of ether oxygens (including phenoxy) is 2. The van der Waals surface area contributed by atoms with Gasteiger partial charge in [0.25, 0.3) is 0 Å². The van der Waals surface area contributed by atoms with Crippen molar-refractivity contribution in [3.8, 4) is 5.75 Å². The first kappa shape index (κ1) is 21.8.